The highest BCUT2D eigenvalue weighted by Crippen LogP contribution is 2.19. The summed E-state index contributed by atoms with van der Waals surface area (Å²) in [5.41, 5.74) is 0.0472. The Morgan fingerprint density at radius 1 is 1.26 bits per heavy atom. The lowest BCUT2D eigenvalue weighted by Gasteiger charge is -2.16. The monoisotopic (exact) mass is 265 g/mol. The second kappa shape index (κ2) is 6.78. The first kappa shape index (κ1) is 15.0. The van der Waals surface area contributed by atoms with Gasteiger partial charge in [0.25, 0.3) is 5.91 Å². The predicted molar refractivity (Wildman–Crippen MR) is 71.3 cm³/mol. The molecule has 1 amide bonds. The van der Waals surface area contributed by atoms with Crippen LogP contribution in [0.1, 0.15) is 31.1 Å². The Balaban J connectivity index is 2.69. The molecule has 0 aromatic heterocycles. The summed E-state index contributed by atoms with van der Waals surface area (Å²) in [6, 6.07) is 6.26. The average Bonchev–Trinajstić information content (AvgIpc) is 2.36. The number of ether oxygens (including phenoxy) is 1. The van der Waals surface area contributed by atoms with Gasteiger partial charge in [-0.15, -0.1) is 0 Å². The molecule has 0 saturated carbocycles. The van der Waals surface area contributed by atoms with Gasteiger partial charge in [0.2, 0.25) is 0 Å². The number of carboxylic acids is 1. The van der Waals surface area contributed by atoms with Crippen LogP contribution < -0.4 is 10.1 Å². The summed E-state index contributed by atoms with van der Waals surface area (Å²) in [6.45, 7) is 6.14. The van der Waals surface area contributed by atoms with Gasteiger partial charge in [-0.05, 0) is 25.0 Å². The molecule has 1 aromatic carbocycles. The number of rotatable bonds is 6. The summed E-state index contributed by atoms with van der Waals surface area (Å²) in [6.07, 6.45) is -0.737. The van der Waals surface area contributed by atoms with E-state index >= 15 is 0 Å². The van der Waals surface area contributed by atoms with Crippen molar-refractivity contribution in [2.75, 3.05) is 6.54 Å². The number of hydrogen-bond donors (Lipinski definition) is 2. The number of carboxylic acid groups (broad SMARTS) is 1. The zero-order valence-electron chi connectivity index (χ0n) is 11.3. The van der Waals surface area contributed by atoms with Crippen LogP contribution >= 0.6 is 0 Å². The third-order valence-electron chi connectivity index (χ3n) is 2.47. The molecular weight excluding hydrogens is 246 g/mol. The van der Waals surface area contributed by atoms with Crippen molar-refractivity contribution in [1.82, 2.24) is 5.32 Å². The Kier molecular flexibility index (Phi) is 5.36. The number of aromatic carboxylic acids is 1. The van der Waals surface area contributed by atoms with E-state index in [-0.39, 0.29) is 17.2 Å². The Bertz CT molecular complexity index is 457. The predicted octanol–water partition coefficient (Wildman–Crippen LogP) is 1.92. The van der Waals surface area contributed by atoms with Crippen LogP contribution in [0.4, 0.5) is 0 Å². The Hall–Kier alpha value is -2.04. The highest BCUT2D eigenvalue weighted by Gasteiger charge is 2.18. The van der Waals surface area contributed by atoms with E-state index in [1.54, 1.807) is 19.1 Å². The van der Waals surface area contributed by atoms with E-state index in [0.29, 0.717) is 12.5 Å². The van der Waals surface area contributed by atoms with Gasteiger partial charge in [0, 0.05) is 6.54 Å². The SMILES string of the molecule is CC(C)CNC(=O)C(C)Oc1ccccc1C(=O)O. The fourth-order valence-electron chi connectivity index (χ4n) is 1.44. The van der Waals surface area contributed by atoms with Crippen molar-refractivity contribution < 1.29 is 19.4 Å². The first-order valence-electron chi connectivity index (χ1n) is 6.18. The third-order valence-corrected chi connectivity index (χ3v) is 2.47. The molecular formula is C14H19NO4. The molecule has 19 heavy (non-hydrogen) atoms. The number of benzene rings is 1. The smallest absolute Gasteiger partial charge is 0.339 e. The van der Waals surface area contributed by atoms with Gasteiger partial charge in [-0.3, -0.25) is 4.79 Å². The van der Waals surface area contributed by atoms with Crippen LogP contribution in [-0.2, 0) is 4.79 Å². The maximum Gasteiger partial charge on any atom is 0.339 e. The van der Waals surface area contributed by atoms with Gasteiger partial charge in [0.15, 0.2) is 6.10 Å². The van der Waals surface area contributed by atoms with Gasteiger partial charge in [0.1, 0.15) is 11.3 Å². The van der Waals surface area contributed by atoms with Crippen LogP contribution in [0.15, 0.2) is 24.3 Å². The normalized spacial score (nSPS) is 12.0. The Morgan fingerprint density at radius 2 is 1.89 bits per heavy atom. The topological polar surface area (TPSA) is 75.6 Å². The van der Waals surface area contributed by atoms with Crippen molar-refractivity contribution in [3.8, 4) is 5.75 Å². The standard InChI is InChI=1S/C14H19NO4/c1-9(2)8-15-13(16)10(3)19-12-7-5-4-6-11(12)14(17)18/h4-7,9-10H,8H2,1-3H3,(H,15,16)(H,17,18). The molecule has 0 saturated heterocycles. The van der Waals surface area contributed by atoms with E-state index in [1.165, 1.54) is 12.1 Å². The number of carbonyl (C=O) groups is 2. The summed E-state index contributed by atoms with van der Waals surface area (Å²) in [4.78, 5) is 22.8. The quantitative estimate of drug-likeness (QED) is 0.824. The maximum atomic E-state index is 11.7. The second-order valence-corrected chi connectivity index (χ2v) is 4.70. The van der Waals surface area contributed by atoms with Crippen LogP contribution in [-0.4, -0.2) is 29.6 Å². The molecule has 1 rings (SSSR count). The van der Waals surface area contributed by atoms with Crippen LogP contribution in [0.3, 0.4) is 0 Å². The highest BCUT2D eigenvalue weighted by molar-refractivity contribution is 5.91. The van der Waals surface area contributed by atoms with Crippen molar-refractivity contribution in [2.24, 2.45) is 5.92 Å². The molecule has 0 radical (unpaired) electrons. The number of nitrogens with one attached hydrogen (secondary N) is 1. The minimum atomic E-state index is -1.08. The maximum absolute atomic E-state index is 11.7. The molecule has 5 nitrogen and oxygen atoms in total. The van der Waals surface area contributed by atoms with Crippen molar-refractivity contribution in [3.63, 3.8) is 0 Å². The highest BCUT2D eigenvalue weighted by atomic mass is 16.5. The number of amides is 1. The van der Waals surface area contributed by atoms with Gasteiger partial charge in [-0.1, -0.05) is 26.0 Å². The molecule has 2 N–H and O–H groups in total. The second-order valence-electron chi connectivity index (χ2n) is 4.70. The minimum absolute atomic E-state index is 0.0472. The van der Waals surface area contributed by atoms with Crippen LogP contribution in [0, 0.1) is 5.92 Å². The molecule has 1 unspecified atom stereocenters. The van der Waals surface area contributed by atoms with Crippen molar-refractivity contribution in [2.45, 2.75) is 26.9 Å². The minimum Gasteiger partial charge on any atom is -0.480 e. The molecule has 0 spiro atoms. The molecule has 0 bridgehead atoms. The van der Waals surface area contributed by atoms with Crippen LogP contribution in [0.2, 0.25) is 0 Å². The van der Waals surface area contributed by atoms with Crippen molar-refractivity contribution in [1.29, 1.82) is 0 Å². The van der Waals surface area contributed by atoms with E-state index < -0.39 is 12.1 Å². The van der Waals surface area contributed by atoms with E-state index in [0.717, 1.165) is 0 Å². The van der Waals surface area contributed by atoms with E-state index in [4.69, 9.17) is 9.84 Å². The van der Waals surface area contributed by atoms with Gasteiger partial charge in [0.05, 0.1) is 0 Å². The summed E-state index contributed by atoms with van der Waals surface area (Å²) < 4.78 is 5.41. The van der Waals surface area contributed by atoms with E-state index in [9.17, 15) is 9.59 Å². The lowest BCUT2D eigenvalue weighted by molar-refractivity contribution is -0.127. The molecule has 1 atom stereocenters. The lowest BCUT2D eigenvalue weighted by atomic mass is 10.2. The van der Waals surface area contributed by atoms with Crippen LogP contribution in [0.5, 0.6) is 5.75 Å². The van der Waals surface area contributed by atoms with Crippen molar-refractivity contribution in [3.05, 3.63) is 29.8 Å². The average molecular weight is 265 g/mol. The largest absolute Gasteiger partial charge is 0.480 e. The Morgan fingerprint density at radius 3 is 2.47 bits per heavy atom. The van der Waals surface area contributed by atoms with Crippen LogP contribution in [0.25, 0.3) is 0 Å². The zero-order chi connectivity index (χ0) is 14.4. The lowest BCUT2D eigenvalue weighted by Crippen LogP contribution is -2.38. The third kappa shape index (κ3) is 4.62. The molecule has 0 aliphatic carbocycles. The first-order chi connectivity index (χ1) is 8.91. The number of hydrogen-bond acceptors (Lipinski definition) is 3. The first-order valence-corrected chi connectivity index (χ1v) is 6.18. The molecule has 0 fully saturated rings. The fourth-order valence-corrected chi connectivity index (χ4v) is 1.44. The van der Waals surface area contributed by atoms with E-state index in [1.807, 2.05) is 13.8 Å². The molecule has 1 aromatic rings. The summed E-state index contributed by atoms with van der Waals surface area (Å²) in [5.74, 6) is -0.788. The number of para-hydroxylation sites is 1. The number of carbonyl (C=O) groups excluding carboxylic acids is 1. The summed E-state index contributed by atoms with van der Waals surface area (Å²) in [5, 5.41) is 11.8. The van der Waals surface area contributed by atoms with Crippen molar-refractivity contribution >= 4 is 11.9 Å². The molecule has 0 heterocycles. The fraction of sp³-hybridized carbons (Fsp3) is 0.429. The van der Waals surface area contributed by atoms with Gasteiger partial charge in [-0.2, -0.15) is 0 Å². The van der Waals surface area contributed by atoms with Gasteiger partial charge >= 0.3 is 5.97 Å². The molecule has 0 aliphatic rings. The molecule has 5 heteroatoms. The molecule has 0 aliphatic heterocycles. The Labute approximate surface area is 112 Å². The van der Waals surface area contributed by atoms with E-state index in [2.05, 4.69) is 5.32 Å². The zero-order valence-corrected chi connectivity index (χ0v) is 11.3. The van der Waals surface area contributed by atoms with Gasteiger partial charge in [-0.25, -0.2) is 4.79 Å². The van der Waals surface area contributed by atoms with Gasteiger partial charge < -0.3 is 15.2 Å². The summed E-state index contributed by atoms with van der Waals surface area (Å²) >= 11 is 0. The molecule has 104 valence electrons. The summed E-state index contributed by atoms with van der Waals surface area (Å²) in [7, 11) is 0.